The maximum atomic E-state index is 5.06. The molecule has 0 saturated heterocycles. The largest absolute Gasteiger partial charge is 0.481 e. The molecule has 0 radical (unpaired) electrons. The van der Waals surface area contributed by atoms with Gasteiger partial charge in [-0.05, 0) is 30.5 Å². The van der Waals surface area contributed by atoms with Crippen molar-refractivity contribution in [1.29, 1.82) is 0 Å². The van der Waals surface area contributed by atoms with Crippen molar-refractivity contribution < 1.29 is 4.74 Å². The fourth-order valence-corrected chi connectivity index (χ4v) is 3.19. The van der Waals surface area contributed by atoms with E-state index in [-0.39, 0.29) is 6.04 Å². The Bertz CT molecular complexity index is 673. The third-order valence-electron chi connectivity index (χ3n) is 3.20. The van der Waals surface area contributed by atoms with E-state index in [0.29, 0.717) is 5.88 Å². The summed E-state index contributed by atoms with van der Waals surface area (Å²) >= 11 is 1.82. The van der Waals surface area contributed by atoms with Crippen LogP contribution in [0.1, 0.15) is 17.8 Å². The van der Waals surface area contributed by atoms with Gasteiger partial charge in [-0.1, -0.05) is 18.2 Å². The summed E-state index contributed by atoms with van der Waals surface area (Å²) in [5, 5.41) is 4.76. The number of methoxy groups -OCH3 is 1. The minimum absolute atomic E-state index is 0.252. The summed E-state index contributed by atoms with van der Waals surface area (Å²) in [6, 6.07) is 14.8. The fraction of sp³-hybridized carbons (Fsp3) is 0.188. The quantitative estimate of drug-likeness (QED) is 0.767. The van der Waals surface area contributed by atoms with Crippen LogP contribution in [0.3, 0.4) is 0 Å². The first-order valence-corrected chi connectivity index (χ1v) is 7.33. The van der Waals surface area contributed by atoms with Gasteiger partial charge in [0.1, 0.15) is 0 Å². The Morgan fingerprint density at radius 2 is 2.05 bits per heavy atom. The molecule has 20 heavy (non-hydrogen) atoms. The predicted molar refractivity (Wildman–Crippen MR) is 84.7 cm³/mol. The molecule has 0 fully saturated rings. The van der Waals surface area contributed by atoms with E-state index < -0.39 is 0 Å². The molecule has 102 valence electrons. The Labute approximate surface area is 122 Å². The highest BCUT2D eigenvalue weighted by Gasteiger charge is 2.09. The fourth-order valence-electron chi connectivity index (χ4n) is 2.12. The number of nitrogens with one attached hydrogen (secondary N) is 1. The predicted octanol–water partition coefficient (Wildman–Crippen LogP) is 4.48. The lowest BCUT2D eigenvalue weighted by Crippen LogP contribution is -2.05. The van der Waals surface area contributed by atoms with E-state index in [2.05, 4.69) is 47.6 Å². The molecule has 0 amide bonds. The maximum Gasteiger partial charge on any atom is 0.213 e. The van der Waals surface area contributed by atoms with Crippen molar-refractivity contribution in [1.82, 2.24) is 4.98 Å². The summed E-state index contributed by atoms with van der Waals surface area (Å²) in [5.41, 5.74) is 0.996. The van der Waals surface area contributed by atoms with Crippen molar-refractivity contribution >= 4 is 27.1 Å². The van der Waals surface area contributed by atoms with Crippen molar-refractivity contribution in [2.45, 2.75) is 13.0 Å². The van der Waals surface area contributed by atoms with Crippen LogP contribution < -0.4 is 10.1 Å². The third-order valence-corrected chi connectivity index (χ3v) is 4.50. The van der Waals surface area contributed by atoms with Crippen molar-refractivity contribution in [2.24, 2.45) is 0 Å². The summed E-state index contributed by atoms with van der Waals surface area (Å²) in [4.78, 5) is 5.53. The molecule has 4 heteroatoms. The van der Waals surface area contributed by atoms with Crippen LogP contribution in [0.15, 0.2) is 48.7 Å². The molecule has 1 N–H and O–H groups in total. The number of benzene rings is 1. The number of fused-ring (bicyclic) bond motifs is 1. The summed E-state index contributed by atoms with van der Waals surface area (Å²) in [5.74, 6) is 0.630. The van der Waals surface area contributed by atoms with E-state index >= 15 is 0 Å². The number of pyridine rings is 1. The number of anilines is 1. The van der Waals surface area contributed by atoms with Gasteiger partial charge in [0.15, 0.2) is 0 Å². The highest BCUT2D eigenvalue weighted by atomic mass is 32.1. The summed E-state index contributed by atoms with van der Waals surface area (Å²) in [7, 11) is 1.62. The number of hydrogen-bond donors (Lipinski definition) is 1. The molecule has 1 unspecified atom stereocenters. The van der Waals surface area contributed by atoms with E-state index in [9.17, 15) is 0 Å². The molecule has 0 aliphatic heterocycles. The standard InChI is InChI=1S/C16H16N2OS/c1-11(18-13-7-8-16(19-2)17-10-13)15-9-12-5-3-4-6-14(12)20-15/h3-11,18H,1-2H3. The lowest BCUT2D eigenvalue weighted by molar-refractivity contribution is 0.398. The van der Waals surface area contributed by atoms with Crippen LogP contribution in [0.25, 0.3) is 10.1 Å². The maximum absolute atomic E-state index is 5.06. The molecule has 0 bridgehead atoms. The lowest BCUT2D eigenvalue weighted by atomic mass is 10.2. The molecule has 1 atom stereocenters. The molecular formula is C16H16N2OS. The van der Waals surface area contributed by atoms with Crippen molar-refractivity contribution in [3.8, 4) is 5.88 Å². The Morgan fingerprint density at radius 1 is 1.20 bits per heavy atom. The number of hydrogen-bond acceptors (Lipinski definition) is 4. The highest BCUT2D eigenvalue weighted by molar-refractivity contribution is 7.19. The average molecular weight is 284 g/mol. The van der Waals surface area contributed by atoms with E-state index in [4.69, 9.17) is 4.74 Å². The second kappa shape index (κ2) is 5.51. The Balaban J connectivity index is 1.79. The van der Waals surface area contributed by atoms with Crippen LogP contribution in [0.4, 0.5) is 5.69 Å². The van der Waals surface area contributed by atoms with Crippen LogP contribution in [0, 0.1) is 0 Å². The summed E-state index contributed by atoms with van der Waals surface area (Å²) in [6.07, 6.45) is 1.79. The molecule has 3 nitrogen and oxygen atoms in total. The van der Waals surface area contributed by atoms with E-state index in [1.807, 2.05) is 23.5 Å². The molecule has 0 aliphatic carbocycles. The number of rotatable bonds is 4. The first-order valence-electron chi connectivity index (χ1n) is 6.51. The van der Waals surface area contributed by atoms with E-state index in [0.717, 1.165) is 5.69 Å². The van der Waals surface area contributed by atoms with Gasteiger partial charge in [-0.3, -0.25) is 0 Å². The molecule has 0 aliphatic rings. The minimum atomic E-state index is 0.252. The third kappa shape index (κ3) is 2.60. The van der Waals surface area contributed by atoms with Gasteiger partial charge in [-0.15, -0.1) is 11.3 Å². The van der Waals surface area contributed by atoms with Crippen LogP contribution >= 0.6 is 11.3 Å². The molecular weight excluding hydrogens is 268 g/mol. The molecule has 3 rings (SSSR count). The van der Waals surface area contributed by atoms with Gasteiger partial charge in [0.25, 0.3) is 0 Å². The van der Waals surface area contributed by atoms with E-state index in [1.165, 1.54) is 15.0 Å². The molecule has 1 aromatic carbocycles. The highest BCUT2D eigenvalue weighted by Crippen LogP contribution is 2.31. The summed E-state index contributed by atoms with van der Waals surface area (Å²) < 4.78 is 6.39. The Kier molecular flexibility index (Phi) is 3.56. The lowest BCUT2D eigenvalue weighted by Gasteiger charge is -2.13. The molecule has 3 aromatic rings. The van der Waals surface area contributed by atoms with Gasteiger partial charge in [0.05, 0.1) is 25.0 Å². The van der Waals surface area contributed by atoms with Crippen LogP contribution in [-0.2, 0) is 0 Å². The van der Waals surface area contributed by atoms with Crippen molar-refractivity contribution in [3.05, 3.63) is 53.5 Å². The van der Waals surface area contributed by atoms with Gasteiger partial charge in [0.2, 0.25) is 5.88 Å². The smallest absolute Gasteiger partial charge is 0.213 e. The first kappa shape index (κ1) is 12.9. The van der Waals surface area contributed by atoms with Gasteiger partial charge >= 0.3 is 0 Å². The SMILES string of the molecule is COc1ccc(NC(C)c2cc3ccccc3s2)cn1. The summed E-state index contributed by atoms with van der Waals surface area (Å²) in [6.45, 7) is 2.16. The topological polar surface area (TPSA) is 34.1 Å². The molecule has 2 heterocycles. The molecule has 0 spiro atoms. The second-order valence-corrected chi connectivity index (χ2v) is 5.76. The number of thiophene rings is 1. The van der Waals surface area contributed by atoms with Crippen molar-refractivity contribution in [2.75, 3.05) is 12.4 Å². The number of nitrogens with zero attached hydrogens (tertiary/aromatic N) is 1. The van der Waals surface area contributed by atoms with Gasteiger partial charge in [-0.25, -0.2) is 4.98 Å². The van der Waals surface area contributed by atoms with E-state index in [1.54, 1.807) is 13.3 Å². The zero-order valence-electron chi connectivity index (χ0n) is 11.5. The Morgan fingerprint density at radius 3 is 2.75 bits per heavy atom. The second-order valence-electron chi connectivity index (χ2n) is 4.64. The monoisotopic (exact) mass is 284 g/mol. The van der Waals surface area contributed by atoms with Gasteiger partial charge in [-0.2, -0.15) is 0 Å². The van der Waals surface area contributed by atoms with Gasteiger partial charge < -0.3 is 10.1 Å². The van der Waals surface area contributed by atoms with Crippen molar-refractivity contribution in [3.63, 3.8) is 0 Å². The molecule has 0 saturated carbocycles. The number of aromatic nitrogens is 1. The normalized spacial score (nSPS) is 12.3. The minimum Gasteiger partial charge on any atom is -0.481 e. The Hall–Kier alpha value is -2.07. The van der Waals surface area contributed by atoms with Crippen LogP contribution in [0.5, 0.6) is 5.88 Å². The molecule has 2 aromatic heterocycles. The zero-order chi connectivity index (χ0) is 13.9. The average Bonchev–Trinajstić information content (AvgIpc) is 2.92. The van der Waals surface area contributed by atoms with Crippen LogP contribution in [-0.4, -0.2) is 12.1 Å². The van der Waals surface area contributed by atoms with Crippen LogP contribution in [0.2, 0.25) is 0 Å². The van der Waals surface area contributed by atoms with Gasteiger partial charge in [0, 0.05) is 15.6 Å². The first-order chi connectivity index (χ1) is 9.76. The zero-order valence-corrected chi connectivity index (χ0v) is 12.3. The number of ether oxygens (including phenoxy) is 1.